The van der Waals surface area contributed by atoms with Gasteiger partial charge in [-0.15, -0.1) is 0 Å². The van der Waals surface area contributed by atoms with Crippen molar-refractivity contribution in [2.75, 3.05) is 25.4 Å². The Morgan fingerprint density at radius 3 is 2.50 bits per heavy atom. The molecule has 1 unspecified atom stereocenters. The number of hydrogen-bond donors (Lipinski definition) is 2. The summed E-state index contributed by atoms with van der Waals surface area (Å²) in [6, 6.07) is 16.1. The molecule has 2 aromatic carbocycles. The van der Waals surface area contributed by atoms with Crippen molar-refractivity contribution in [1.82, 2.24) is 14.9 Å². The van der Waals surface area contributed by atoms with Crippen molar-refractivity contribution in [2.24, 2.45) is 11.7 Å². The maximum Gasteiger partial charge on any atom is 0.198 e. The van der Waals surface area contributed by atoms with Gasteiger partial charge in [-0.3, -0.25) is 4.79 Å². The van der Waals surface area contributed by atoms with Crippen molar-refractivity contribution in [2.45, 2.75) is 32.7 Å². The van der Waals surface area contributed by atoms with E-state index in [4.69, 9.17) is 16.2 Å². The summed E-state index contributed by atoms with van der Waals surface area (Å²) >= 11 is 0. The summed E-state index contributed by atoms with van der Waals surface area (Å²) in [5.41, 5.74) is 14.2. The number of ether oxygens (including phenoxy) is 1. The average molecular weight is 459 g/mol. The Labute approximate surface area is 201 Å². The molecule has 0 saturated carbocycles. The maximum absolute atomic E-state index is 13.5. The van der Waals surface area contributed by atoms with E-state index in [0.29, 0.717) is 22.6 Å². The molecule has 1 aliphatic heterocycles. The van der Waals surface area contributed by atoms with Crippen LogP contribution < -0.4 is 16.2 Å². The molecular formula is C27H32N5O2. The first-order chi connectivity index (χ1) is 16.4. The first-order valence-corrected chi connectivity index (χ1v) is 11.7. The molecule has 1 fully saturated rings. The van der Waals surface area contributed by atoms with Crippen molar-refractivity contribution in [1.29, 1.82) is 0 Å². The molecule has 1 radical (unpaired) electrons. The lowest BCUT2D eigenvalue weighted by molar-refractivity contribution is 0.103. The fourth-order valence-corrected chi connectivity index (χ4v) is 4.54. The summed E-state index contributed by atoms with van der Waals surface area (Å²) in [4.78, 5) is 24.4. The predicted molar refractivity (Wildman–Crippen MR) is 134 cm³/mol. The van der Waals surface area contributed by atoms with Crippen LogP contribution in [0.15, 0.2) is 60.9 Å². The van der Waals surface area contributed by atoms with Crippen molar-refractivity contribution in [3.05, 3.63) is 83.7 Å². The van der Waals surface area contributed by atoms with Crippen molar-refractivity contribution in [3.63, 3.8) is 0 Å². The summed E-state index contributed by atoms with van der Waals surface area (Å²) in [5.74, 6) is 2.85. The smallest absolute Gasteiger partial charge is 0.198 e. The zero-order chi connectivity index (χ0) is 24.1. The number of piperidine rings is 1. The monoisotopic (exact) mass is 458 g/mol. The Hall–Kier alpha value is -3.29. The van der Waals surface area contributed by atoms with Gasteiger partial charge >= 0.3 is 0 Å². The third kappa shape index (κ3) is 5.61. The third-order valence-electron chi connectivity index (χ3n) is 6.13. The van der Waals surface area contributed by atoms with E-state index in [1.807, 2.05) is 30.3 Å². The van der Waals surface area contributed by atoms with Crippen molar-refractivity contribution >= 4 is 11.6 Å². The van der Waals surface area contributed by atoms with Gasteiger partial charge in [-0.2, -0.15) is 0 Å². The SMILES string of the molecule is C[C](C)CN1CCC[C@H](C(N)c2ncnc(N)c2C(=O)c2ccc(Oc3ccccc3)cc2)C1. The second-order valence-corrected chi connectivity index (χ2v) is 9.16. The van der Waals surface area contributed by atoms with Crippen LogP contribution in [0, 0.1) is 11.8 Å². The number of anilines is 1. The first kappa shape index (κ1) is 23.9. The maximum atomic E-state index is 13.5. The van der Waals surface area contributed by atoms with Crippen LogP contribution in [0.1, 0.15) is 54.3 Å². The van der Waals surface area contributed by atoms with Gasteiger partial charge in [0, 0.05) is 18.7 Å². The lowest BCUT2D eigenvalue weighted by Crippen LogP contribution is -2.41. The van der Waals surface area contributed by atoms with E-state index in [1.54, 1.807) is 24.3 Å². The molecule has 4 N–H and O–H groups in total. The molecule has 3 aromatic rings. The highest BCUT2D eigenvalue weighted by molar-refractivity contribution is 6.12. The highest BCUT2D eigenvalue weighted by Crippen LogP contribution is 2.32. The Balaban J connectivity index is 1.54. The predicted octanol–water partition coefficient (Wildman–Crippen LogP) is 4.41. The van der Waals surface area contributed by atoms with E-state index < -0.39 is 6.04 Å². The number of likely N-dealkylation sites (tertiary alicyclic amines) is 1. The molecule has 2 heterocycles. The number of nitrogens with two attached hydrogens (primary N) is 2. The van der Waals surface area contributed by atoms with Gasteiger partial charge in [-0.1, -0.05) is 32.0 Å². The molecule has 0 amide bonds. The third-order valence-corrected chi connectivity index (χ3v) is 6.13. The van der Waals surface area contributed by atoms with Crippen LogP contribution in [0.2, 0.25) is 0 Å². The number of carbonyl (C=O) groups is 1. The lowest BCUT2D eigenvalue weighted by Gasteiger charge is -2.36. The van der Waals surface area contributed by atoms with Crippen LogP contribution in [0.3, 0.4) is 0 Å². The molecule has 0 spiro atoms. The summed E-state index contributed by atoms with van der Waals surface area (Å²) < 4.78 is 5.83. The minimum Gasteiger partial charge on any atom is -0.457 e. The van der Waals surface area contributed by atoms with E-state index in [0.717, 1.165) is 38.2 Å². The van der Waals surface area contributed by atoms with Gasteiger partial charge in [0.25, 0.3) is 0 Å². The molecule has 2 atom stereocenters. The zero-order valence-electron chi connectivity index (χ0n) is 19.8. The second kappa shape index (κ2) is 10.8. The van der Waals surface area contributed by atoms with Crippen LogP contribution in [0.25, 0.3) is 0 Å². The Morgan fingerprint density at radius 2 is 1.79 bits per heavy atom. The van der Waals surface area contributed by atoms with E-state index in [-0.39, 0.29) is 17.5 Å². The summed E-state index contributed by atoms with van der Waals surface area (Å²) in [7, 11) is 0. The molecule has 1 aliphatic rings. The van der Waals surface area contributed by atoms with Crippen LogP contribution in [-0.4, -0.2) is 40.3 Å². The molecule has 34 heavy (non-hydrogen) atoms. The topological polar surface area (TPSA) is 107 Å². The highest BCUT2D eigenvalue weighted by Gasteiger charge is 2.31. The fraction of sp³-hybridized carbons (Fsp3) is 0.333. The first-order valence-electron chi connectivity index (χ1n) is 11.7. The van der Waals surface area contributed by atoms with E-state index >= 15 is 0 Å². The molecule has 7 heteroatoms. The average Bonchev–Trinajstić information content (AvgIpc) is 2.84. The summed E-state index contributed by atoms with van der Waals surface area (Å²) in [6.07, 6.45) is 3.45. The van der Waals surface area contributed by atoms with E-state index in [1.165, 1.54) is 12.2 Å². The Bertz CT molecular complexity index is 1100. The van der Waals surface area contributed by atoms with E-state index in [2.05, 4.69) is 28.7 Å². The van der Waals surface area contributed by atoms with Gasteiger partial charge in [-0.05, 0) is 67.6 Å². The number of ketones is 1. The minimum absolute atomic E-state index is 0.153. The lowest BCUT2D eigenvalue weighted by atomic mass is 9.86. The standard InChI is InChI=1S/C27H32N5O2/c1-18(2)15-32-14-6-7-20(16-32)24(28)25-23(27(29)31-17-30-25)26(33)19-10-12-22(13-11-19)34-21-8-4-3-5-9-21/h3-5,8-13,17,20,24H,6-7,14-16,28H2,1-2H3,(H2,29,30,31)/t20-,24?/m0/s1. The molecule has 1 saturated heterocycles. The molecular weight excluding hydrogens is 426 g/mol. The van der Waals surface area contributed by atoms with Gasteiger partial charge in [0.05, 0.1) is 17.3 Å². The molecule has 7 nitrogen and oxygen atoms in total. The molecule has 0 bridgehead atoms. The summed E-state index contributed by atoms with van der Waals surface area (Å²) in [6.45, 7) is 7.17. The van der Waals surface area contributed by atoms with Gasteiger partial charge in [0.2, 0.25) is 0 Å². The van der Waals surface area contributed by atoms with Crippen LogP contribution >= 0.6 is 0 Å². The summed E-state index contributed by atoms with van der Waals surface area (Å²) in [5, 5.41) is 0. The van der Waals surface area contributed by atoms with Crippen LogP contribution in [-0.2, 0) is 0 Å². The normalized spacial score (nSPS) is 17.5. The van der Waals surface area contributed by atoms with Crippen molar-refractivity contribution < 1.29 is 9.53 Å². The fourth-order valence-electron chi connectivity index (χ4n) is 4.54. The number of nitrogens with zero attached hydrogens (tertiary/aromatic N) is 3. The van der Waals surface area contributed by atoms with Crippen LogP contribution in [0.5, 0.6) is 11.5 Å². The number of benzene rings is 2. The Kier molecular flexibility index (Phi) is 7.55. The molecule has 0 aliphatic carbocycles. The number of nitrogen functional groups attached to an aromatic ring is 1. The quantitative estimate of drug-likeness (QED) is 0.482. The molecule has 4 rings (SSSR count). The van der Waals surface area contributed by atoms with E-state index in [9.17, 15) is 4.79 Å². The van der Waals surface area contributed by atoms with Gasteiger partial charge in [0.1, 0.15) is 23.6 Å². The number of carbonyl (C=O) groups excluding carboxylic acids is 1. The van der Waals surface area contributed by atoms with Crippen molar-refractivity contribution in [3.8, 4) is 11.5 Å². The van der Waals surface area contributed by atoms with Gasteiger partial charge in [0.15, 0.2) is 5.78 Å². The number of hydrogen-bond acceptors (Lipinski definition) is 7. The van der Waals surface area contributed by atoms with Crippen LogP contribution in [0.4, 0.5) is 5.82 Å². The minimum atomic E-state index is -0.398. The number of rotatable bonds is 8. The van der Waals surface area contributed by atoms with Gasteiger partial charge < -0.3 is 21.1 Å². The number of aromatic nitrogens is 2. The van der Waals surface area contributed by atoms with Gasteiger partial charge in [-0.25, -0.2) is 9.97 Å². The molecule has 1 aromatic heterocycles. The second-order valence-electron chi connectivity index (χ2n) is 9.16. The highest BCUT2D eigenvalue weighted by atomic mass is 16.5. The Morgan fingerprint density at radius 1 is 1.09 bits per heavy atom. The largest absolute Gasteiger partial charge is 0.457 e. The zero-order valence-corrected chi connectivity index (χ0v) is 19.8. The number of para-hydroxylation sites is 1. The molecule has 177 valence electrons.